The maximum Gasteiger partial charge on any atom is 0.339 e. The van der Waals surface area contributed by atoms with Crippen molar-refractivity contribution in [1.82, 2.24) is 0 Å². The monoisotopic (exact) mass is 347 g/mol. The number of hydrogen-bond acceptors (Lipinski definition) is 4. The van der Waals surface area contributed by atoms with Crippen LogP contribution in [0.15, 0.2) is 53.4 Å². The molecule has 0 aromatic heterocycles. The highest BCUT2D eigenvalue weighted by Crippen LogP contribution is 2.31. The van der Waals surface area contributed by atoms with Gasteiger partial charge in [0.05, 0.1) is 18.4 Å². The number of esters is 1. The number of ether oxygens (including phenoxy) is 1. The smallest absolute Gasteiger partial charge is 0.339 e. The highest BCUT2D eigenvalue weighted by molar-refractivity contribution is 7.92. The van der Waals surface area contributed by atoms with Crippen LogP contribution in [0.2, 0.25) is 0 Å². The van der Waals surface area contributed by atoms with Crippen LogP contribution >= 0.6 is 0 Å². The van der Waals surface area contributed by atoms with Crippen LogP contribution < -0.4 is 4.72 Å². The molecule has 0 radical (unpaired) electrons. The summed E-state index contributed by atoms with van der Waals surface area (Å²) in [5, 5.41) is 0. The van der Waals surface area contributed by atoms with Crippen LogP contribution in [0.25, 0.3) is 0 Å². The Kier molecular flexibility index (Phi) is 4.99. The lowest BCUT2D eigenvalue weighted by Gasteiger charge is -2.23. The molecule has 0 bridgehead atoms. The van der Waals surface area contributed by atoms with Crippen molar-refractivity contribution in [3.05, 3.63) is 59.7 Å². The van der Waals surface area contributed by atoms with E-state index < -0.39 is 16.0 Å². The summed E-state index contributed by atoms with van der Waals surface area (Å²) in [6, 6.07) is 13.2. The molecule has 2 rings (SSSR count). The van der Waals surface area contributed by atoms with Gasteiger partial charge < -0.3 is 4.74 Å². The van der Waals surface area contributed by atoms with Gasteiger partial charge in [-0.15, -0.1) is 0 Å². The van der Waals surface area contributed by atoms with Crippen LogP contribution in [0.1, 0.15) is 36.7 Å². The fourth-order valence-corrected chi connectivity index (χ4v) is 3.68. The number of benzene rings is 2. The van der Waals surface area contributed by atoms with E-state index in [0.717, 1.165) is 5.56 Å². The lowest BCUT2D eigenvalue weighted by Crippen LogP contribution is -2.21. The second-order valence-corrected chi connectivity index (χ2v) is 8.04. The maximum absolute atomic E-state index is 12.8. The van der Waals surface area contributed by atoms with E-state index in [1.807, 2.05) is 32.9 Å². The molecule has 0 unspecified atom stereocenters. The Morgan fingerprint density at radius 2 is 1.58 bits per heavy atom. The minimum Gasteiger partial charge on any atom is -0.465 e. The third-order valence-electron chi connectivity index (χ3n) is 3.56. The molecule has 0 atom stereocenters. The Morgan fingerprint density at radius 1 is 1.00 bits per heavy atom. The Labute approximate surface area is 142 Å². The number of para-hydroxylation sites is 1. The van der Waals surface area contributed by atoms with Crippen molar-refractivity contribution in [2.45, 2.75) is 31.1 Å². The predicted molar refractivity (Wildman–Crippen MR) is 93.7 cm³/mol. The molecule has 0 fully saturated rings. The summed E-state index contributed by atoms with van der Waals surface area (Å²) < 4.78 is 32.9. The number of anilines is 1. The topological polar surface area (TPSA) is 72.5 Å². The Balaban J connectivity index is 2.51. The molecule has 0 aliphatic heterocycles. The Bertz CT molecular complexity index is 851. The summed E-state index contributed by atoms with van der Waals surface area (Å²) in [5.74, 6) is -0.694. The van der Waals surface area contributed by atoms with Gasteiger partial charge in [-0.25, -0.2) is 13.2 Å². The Morgan fingerprint density at radius 3 is 2.21 bits per heavy atom. The van der Waals surface area contributed by atoms with Crippen molar-refractivity contribution in [2.24, 2.45) is 0 Å². The number of rotatable bonds is 4. The fraction of sp³-hybridized carbons (Fsp3) is 0.278. The van der Waals surface area contributed by atoms with Crippen LogP contribution in [0.3, 0.4) is 0 Å². The predicted octanol–water partition coefficient (Wildman–Crippen LogP) is 3.57. The van der Waals surface area contributed by atoms with Gasteiger partial charge in [0, 0.05) is 0 Å². The molecule has 24 heavy (non-hydrogen) atoms. The second kappa shape index (κ2) is 6.65. The normalized spacial score (nSPS) is 11.8. The minimum atomic E-state index is -3.93. The van der Waals surface area contributed by atoms with Gasteiger partial charge in [-0.1, -0.05) is 51.1 Å². The average molecular weight is 347 g/mol. The average Bonchev–Trinajstić information content (AvgIpc) is 2.53. The minimum absolute atomic E-state index is 0.000685. The first-order valence-electron chi connectivity index (χ1n) is 7.46. The maximum atomic E-state index is 12.8. The van der Waals surface area contributed by atoms with Crippen LogP contribution in [-0.4, -0.2) is 21.5 Å². The first kappa shape index (κ1) is 18.0. The summed E-state index contributed by atoms with van der Waals surface area (Å²) in [5.41, 5.74) is 1.12. The third-order valence-corrected chi connectivity index (χ3v) is 4.98. The standard InChI is InChI=1S/C18H21NO4S/c1-18(2,3)14-10-6-7-11-15(14)19-24(21,22)16-12-8-5-9-13(16)17(20)23-4/h5-12,19H,1-4H3. The van der Waals surface area contributed by atoms with Crippen LogP contribution in [-0.2, 0) is 20.2 Å². The first-order valence-corrected chi connectivity index (χ1v) is 8.95. The van der Waals surface area contributed by atoms with Gasteiger partial charge in [0.1, 0.15) is 4.90 Å². The summed E-state index contributed by atoms with van der Waals surface area (Å²) in [4.78, 5) is 11.7. The van der Waals surface area contributed by atoms with Gasteiger partial charge >= 0.3 is 5.97 Å². The molecule has 0 saturated heterocycles. The molecule has 5 nitrogen and oxygen atoms in total. The van der Waals surface area contributed by atoms with E-state index in [-0.39, 0.29) is 15.9 Å². The van der Waals surface area contributed by atoms with Crippen LogP contribution in [0.5, 0.6) is 0 Å². The Hall–Kier alpha value is -2.34. The lowest BCUT2D eigenvalue weighted by atomic mass is 9.86. The quantitative estimate of drug-likeness (QED) is 0.858. The summed E-state index contributed by atoms with van der Waals surface area (Å²) in [6.45, 7) is 6.01. The fourth-order valence-electron chi connectivity index (χ4n) is 2.41. The molecule has 0 heterocycles. The van der Waals surface area contributed by atoms with Crippen molar-refractivity contribution in [2.75, 3.05) is 11.8 Å². The van der Waals surface area contributed by atoms with Crippen molar-refractivity contribution in [3.8, 4) is 0 Å². The van der Waals surface area contributed by atoms with Crippen LogP contribution in [0, 0.1) is 0 Å². The largest absolute Gasteiger partial charge is 0.465 e. The van der Waals surface area contributed by atoms with Gasteiger partial charge in [0.25, 0.3) is 10.0 Å². The van der Waals surface area contributed by atoms with E-state index in [4.69, 9.17) is 0 Å². The van der Waals surface area contributed by atoms with E-state index in [0.29, 0.717) is 5.69 Å². The van der Waals surface area contributed by atoms with E-state index >= 15 is 0 Å². The van der Waals surface area contributed by atoms with Crippen molar-refractivity contribution in [1.29, 1.82) is 0 Å². The number of carbonyl (C=O) groups excluding carboxylic acids is 1. The number of methoxy groups -OCH3 is 1. The van der Waals surface area contributed by atoms with Crippen LogP contribution in [0.4, 0.5) is 5.69 Å². The zero-order chi connectivity index (χ0) is 18.0. The van der Waals surface area contributed by atoms with Gasteiger partial charge in [0.15, 0.2) is 0 Å². The van der Waals surface area contributed by atoms with E-state index in [9.17, 15) is 13.2 Å². The molecule has 0 saturated carbocycles. The molecule has 2 aromatic carbocycles. The summed E-state index contributed by atoms with van der Waals surface area (Å²) >= 11 is 0. The van der Waals surface area contributed by atoms with Crippen molar-refractivity contribution < 1.29 is 17.9 Å². The van der Waals surface area contributed by atoms with Gasteiger partial charge in [-0.2, -0.15) is 0 Å². The molecule has 0 amide bonds. The highest BCUT2D eigenvalue weighted by Gasteiger charge is 2.25. The molecule has 0 spiro atoms. The molecule has 1 N–H and O–H groups in total. The SMILES string of the molecule is COC(=O)c1ccccc1S(=O)(=O)Nc1ccccc1C(C)(C)C. The molecular weight excluding hydrogens is 326 g/mol. The molecule has 0 aliphatic rings. The molecule has 6 heteroatoms. The number of sulfonamides is 1. The van der Waals surface area contributed by atoms with Gasteiger partial charge in [-0.3, -0.25) is 4.72 Å². The van der Waals surface area contributed by atoms with Gasteiger partial charge in [-0.05, 0) is 29.2 Å². The van der Waals surface area contributed by atoms with E-state index in [1.165, 1.54) is 19.2 Å². The molecule has 2 aromatic rings. The number of hydrogen-bond donors (Lipinski definition) is 1. The highest BCUT2D eigenvalue weighted by atomic mass is 32.2. The zero-order valence-corrected chi connectivity index (χ0v) is 15.0. The summed E-state index contributed by atoms with van der Waals surface area (Å²) in [6.07, 6.45) is 0. The molecule has 128 valence electrons. The third kappa shape index (κ3) is 3.76. The van der Waals surface area contributed by atoms with E-state index in [1.54, 1.807) is 24.3 Å². The molecular formula is C18H21NO4S. The van der Waals surface area contributed by atoms with Gasteiger partial charge in [0.2, 0.25) is 0 Å². The number of carbonyl (C=O) groups is 1. The van der Waals surface area contributed by atoms with Crippen molar-refractivity contribution >= 4 is 21.7 Å². The second-order valence-electron chi connectivity index (χ2n) is 6.39. The molecule has 0 aliphatic carbocycles. The van der Waals surface area contributed by atoms with E-state index in [2.05, 4.69) is 9.46 Å². The lowest BCUT2D eigenvalue weighted by molar-refractivity contribution is 0.0596. The number of nitrogens with one attached hydrogen (secondary N) is 1. The zero-order valence-electron chi connectivity index (χ0n) is 14.2. The van der Waals surface area contributed by atoms with Crippen molar-refractivity contribution in [3.63, 3.8) is 0 Å². The summed E-state index contributed by atoms with van der Waals surface area (Å²) in [7, 11) is -2.72. The first-order chi connectivity index (χ1) is 11.2.